The van der Waals surface area contributed by atoms with Crippen LogP contribution >= 0.6 is 0 Å². The van der Waals surface area contributed by atoms with Gasteiger partial charge in [0.05, 0.1) is 24.3 Å². The molecule has 2 amide bonds. The van der Waals surface area contributed by atoms with Crippen LogP contribution in [0, 0.1) is 18.8 Å². The Morgan fingerprint density at radius 1 is 1.15 bits per heavy atom. The van der Waals surface area contributed by atoms with E-state index in [0.29, 0.717) is 55.5 Å². The van der Waals surface area contributed by atoms with Gasteiger partial charge in [0.15, 0.2) is 0 Å². The molecule has 0 aliphatic carbocycles. The second-order valence-corrected chi connectivity index (χ2v) is 9.65. The number of nitrogen functional groups attached to an aromatic ring is 1. The first kappa shape index (κ1) is 27.8. The van der Waals surface area contributed by atoms with Crippen LogP contribution in [0.15, 0.2) is 30.6 Å². The maximum atomic E-state index is 13.2. The van der Waals surface area contributed by atoms with Gasteiger partial charge < -0.3 is 16.4 Å². The van der Waals surface area contributed by atoms with Crippen molar-refractivity contribution in [1.82, 2.24) is 24.5 Å². The van der Waals surface area contributed by atoms with Gasteiger partial charge in [-0.15, -0.1) is 0 Å². The van der Waals surface area contributed by atoms with Gasteiger partial charge in [0.2, 0.25) is 0 Å². The molecule has 3 heterocycles. The van der Waals surface area contributed by atoms with Crippen molar-refractivity contribution in [2.45, 2.75) is 58.3 Å². The highest BCUT2D eigenvalue weighted by molar-refractivity contribution is 6.03. The van der Waals surface area contributed by atoms with E-state index in [4.69, 9.17) is 11.5 Å². The van der Waals surface area contributed by atoms with E-state index in [2.05, 4.69) is 22.0 Å². The Hall–Kier alpha value is -4.27. The van der Waals surface area contributed by atoms with Gasteiger partial charge in [-0.2, -0.15) is 23.4 Å². The highest BCUT2D eigenvalue weighted by Crippen LogP contribution is 2.33. The molecule has 0 radical (unpaired) electrons. The minimum Gasteiger partial charge on any atom is -0.383 e. The summed E-state index contributed by atoms with van der Waals surface area (Å²) in [6, 6.07) is 3.75. The molecule has 12 heteroatoms. The summed E-state index contributed by atoms with van der Waals surface area (Å²) < 4.78 is 42.8. The highest BCUT2D eigenvalue weighted by Gasteiger charge is 2.31. The number of hydrogen-bond acceptors (Lipinski definition) is 5. The molecule has 3 aromatic rings. The molecule has 0 spiro atoms. The quantitative estimate of drug-likeness (QED) is 0.476. The number of anilines is 1. The molecule has 2 aromatic heterocycles. The van der Waals surface area contributed by atoms with Crippen LogP contribution in [-0.4, -0.2) is 49.4 Å². The van der Waals surface area contributed by atoms with Crippen LogP contribution in [0.5, 0.6) is 0 Å². The number of carbonyl (C=O) groups excluding carboxylic acids is 2. The van der Waals surface area contributed by atoms with Crippen molar-refractivity contribution >= 4 is 17.6 Å². The average molecular weight is 542 g/mol. The molecule has 1 aliphatic rings. The van der Waals surface area contributed by atoms with E-state index >= 15 is 0 Å². The van der Waals surface area contributed by atoms with Crippen molar-refractivity contribution in [3.05, 3.63) is 52.8 Å². The maximum Gasteiger partial charge on any atom is 0.416 e. The second kappa shape index (κ2) is 11.2. The predicted molar refractivity (Wildman–Crippen MR) is 139 cm³/mol. The first-order chi connectivity index (χ1) is 18.5. The molecule has 4 rings (SSSR count). The Bertz CT molecular complexity index is 1440. The topological polar surface area (TPSA) is 125 Å². The number of aryl methyl sites for hydroxylation is 1. The molecule has 1 fully saturated rings. The van der Waals surface area contributed by atoms with Gasteiger partial charge in [-0.3, -0.25) is 14.3 Å². The first-order valence-corrected chi connectivity index (χ1v) is 12.6. The van der Waals surface area contributed by atoms with Crippen molar-refractivity contribution in [2.24, 2.45) is 5.73 Å². The van der Waals surface area contributed by atoms with E-state index < -0.39 is 17.6 Å². The lowest BCUT2D eigenvalue weighted by Crippen LogP contribution is -2.34. The molecular weight excluding hydrogens is 511 g/mol. The van der Waals surface area contributed by atoms with Crippen molar-refractivity contribution in [3.63, 3.8) is 0 Å². The minimum absolute atomic E-state index is 0.0709. The summed E-state index contributed by atoms with van der Waals surface area (Å²) in [4.78, 5) is 26.3. The molecule has 0 bridgehead atoms. The smallest absolute Gasteiger partial charge is 0.383 e. The molecule has 0 saturated carbocycles. The summed E-state index contributed by atoms with van der Waals surface area (Å²) >= 11 is 0. The lowest BCUT2D eigenvalue weighted by atomic mass is 10.0. The third-order valence-electron chi connectivity index (χ3n) is 6.71. The van der Waals surface area contributed by atoms with E-state index in [1.165, 1.54) is 10.9 Å². The number of alkyl halides is 3. The number of likely N-dealkylation sites (tertiary alicyclic amines) is 1. The number of nitrogens with two attached hydrogens (primary N) is 2. The van der Waals surface area contributed by atoms with Gasteiger partial charge in [0.25, 0.3) is 11.8 Å². The monoisotopic (exact) mass is 541 g/mol. The van der Waals surface area contributed by atoms with Crippen LogP contribution in [-0.2, 0) is 17.5 Å². The Balaban J connectivity index is 1.58. The van der Waals surface area contributed by atoms with Crippen LogP contribution in [0.4, 0.5) is 19.0 Å². The van der Waals surface area contributed by atoms with Crippen LogP contribution in [0.25, 0.3) is 11.3 Å². The van der Waals surface area contributed by atoms with Gasteiger partial charge >= 0.3 is 6.18 Å². The van der Waals surface area contributed by atoms with E-state index in [-0.39, 0.29) is 35.6 Å². The number of nitrogens with zero attached hydrogens (tertiary/aromatic N) is 5. The third kappa shape index (κ3) is 6.25. The molecule has 4 N–H and O–H groups in total. The molecule has 39 heavy (non-hydrogen) atoms. The fraction of sp³-hybridized carbons (Fsp3) is 0.407. The maximum absolute atomic E-state index is 13.2. The largest absolute Gasteiger partial charge is 0.416 e. The number of rotatable bonds is 5. The van der Waals surface area contributed by atoms with Crippen molar-refractivity contribution in [1.29, 1.82) is 0 Å². The first-order valence-electron chi connectivity index (χ1n) is 12.6. The zero-order valence-electron chi connectivity index (χ0n) is 21.8. The average Bonchev–Trinajstić information content (AvgIpc) is 3.42. The fourth-order valence-electron chi connectivity index (χ4n) is 4.97. The summed E-state index contributed by atoms with van der Waals surface area (Å²) in [7, 11) is 0. The van der Waals surface area contributed by atoms with Gasteiger partial charge in [-0.05, 0) is 63.1 Å². The molecule has 1 saturated heterocycles. The summed E-state index contributed by atoms with van der Waals surface area (Å²) in [5.41, 5.74) is 13.0. The Morgan fingerprint density at radius 3 is 2.46 bits per heavy atom. The van der Waals surface area contributed by atoms with Crippen LogP contribution in [0.1, 0.15) is 65.7 Å². The number of hydrogen-bond donors (Lipinski definition) is 2. The molecule has 9 nitrogen and oxygen atoms in total. The van der Waals surface area contributed by atoms with Crippen molar-refractivity contribution in [3.8, 4) is 23.1 Å². The Kier molecular flexibility index (Phi) is 7.99. The normalized spacial score (nSPS) is 14.8. The number of aromatic nitrogens is 4. The van der Waals surface area contributed by atoms with Gasteiger partial charge in [0, 0.05) is 24.8 Å². The molecule has 206 valence electrons. The lowest BCUT2D eigenvalue weighted by Gasteiger charge is -2.27. The zero-order valence-corrected chi connectivity index (χ0v) is 21.8. The molecule has 1 aromatic carbocycles. The zero-order chi connectivity index (χ0) is 28.3. The van der Waals surface area contributed by atoms with Gasteiger partial charge in [-0.25, -0.2) is 4.68 Å². The van der Waals surface area contributed by atoms with E-state index in [0.717, 1.165) is 12.1 Å². The summed E-state index contributed by atoms with van der Waals surface area (Å²) in [5.74, 6) is 4.43. The predicted octanol–water partition coefficient (Wildman–Crippen LogP) is 3.77. The summed E-state index contributed by atoms with van der Waals surface area (Å²) in [5, 5.41) is 8.92. The lowest BCUT2D eigenvalue weighted by molar-refractivity contribution is -0.137. The minimum atomic E-state index is -4.45. The van der Waals surface area contributed by atoms with Crippen LogP contribution in [0.3, 0.4) is 0 Å². The van der Waals surface area contributed by atoms with Crippen molar-refractivity contribution < 1.29 is 22.8 Å². The summed E-state index contributed by atoms with van der Waals surface area (Å²) in [6.07, 6.45) is 1.40. The fourth-order valence-corrected chi connectivity index (χ4v) is 4.97. The van der Waals surface area contributed by atoms with Crippen LogP contribution in [0.2, 0.25) is 0 Å². The van der Waals surface area contributed by atoms with E-state index in [1.807, 2.05) is 0 Å². The molecule has 0 unspecified atom stereocenters. The standard InChI is InChI=1S/C27H30F3N7O2/c1-3-6-22(38)35-9-4-7-21(8-5-10-35)37-25(31)23(26(32)39)24(34-37)19-14-33-36(16-19)15-18-11-17(2)12-20(13-18)27(28,29)30/h11-14,16,21H,4-5,7-10,15,31H2,1-2H3,(H2,32,39). The van der Waals surface area contributed by atoms with E-state index in [9.17, 15) is 22.8 Å². The van der Waals surface area contributed by atoms with E-state index in [1.54, 1.807) is 35.7 Å². The van der Waals surface area contributed by atoms with Crippen molar-refractivity contribution in [2.75, 3.05) is 18.8 Å². The SMILES string of the molecule is CC#CC(=O)N1CCCC(n2nc(-c3cnn(Cc4cc(C)cc(C(F)(F)F)c4)c3)c(C(N)=O)c2N)CCC1. The second-order valence-electron chi connectivity index (χ2n) is 9.65. The number of halogens is 3. The third-order valence-corrected chi connectivity index (χ3v) is 6.71. The molecule has 0 atom stereocenters. The number of primary amides is 1. The number of amides is 2. The highest BCUT2D eigenvalue weighted by atomic mass is 19.4. The number of benzene rings is 1. The molecular formula is C27H30F3N7O2. The number of carbonyl (C=O) groups is 2. The van der Waals surface area contributed by atoms with Gasteiger partial charge in [-0.1, -0.05) is 17.6 Å². The van der Waals surface area contributed by atoms with Crippen LogP contribution < -0.4 is 11.5 Å². The summed E-state index contributed by atoms with van der Waals surface area (Å²) in [6.45, 7) is 4.44. The molecule has 1 aliphatic heterocycles. The Morgan fingerprint density at radius 2 is 1.85 bits per heavy atom. The van der Waals surface area contributed by atoms with Gasteiger partial charge in [0.1, 0.15) is 17.1 Å². The Labute approximate surface area is 223 Å².